The largest absolute Gasteiger partial charge is 0.495 e. The van der Waals surface area contributed by atoms with Gasteiger partial charge in [0.15, 0.2) is 0 Å². The molecule has 3 rings (SSSR count). The zero-order valence-corrected chi connectivity index (χ0v) is 16.1. The Balaban J connectivity index is 1.92. The third-order valence-corrected chi connectivity index (χ3v) is 6.27. The Bertz CT molecular complexity index is 957. The molecule has 0 bridgehead atoms. The van der Waals surface area contributed by atoms with Gasteiger partial charge in [-0.1, -0.05) is 72.8 Å². The molecule has 3 aromatic carbocycles. The number of benzene rings is 3. The standard InChI is InChI=1S/C22H23NO3S/c1-26-21-14-8-9-15-22(21)27(24,25)23(18-20-12-6-3-7-13-20)17-16-19-10-4-2-5-11-19/h2-15H,16-18H2,1H3. The normalized spacial score (nSPS) is 11.5. The molecule has 0 heterocycles. The second kappa shape index (κ2) is 8.84. The maximum absolute atomic E-state index is 13.4. The Morgan fingerprint density at radius 2 is 1.33 bits per heavy atom. The molecule has 0 aliphatic rings. The minimum Gasteiger partial charge on any atom is -0.495 e. The summed E-state index contributed by atoms with van der Waals surface area (Å²) in [6.07, 6.45) is 0.641. The summed E-state index contributed by atoms with van der Waals surface area (Å²) in [4.78, 5) is 0.191. The minimum atomic E-state index is -3.70. The van der Waals surface area contributed by atoms with E-state index >= 15 is 0 Å². The van der Waals surface area contributed by atoms with Gasteiger partial charge in [0.25, 0.3) is 0 Å². The molecule has 0 aliphatic carbocycles. The average Bonchev–Trinajstić information content (AvgIpc) is 2.72. The number of rotatable bonds is 8. The van der Waals surface area contributed by atoms with Crippen LogP contribution in [0.3, 0.4) is 0 Å². The summed E-state index contributed by atoms with van der Waals surface area (Å²) in [5.41, 5.74) is 2.05. The van der Waals surface area contributed by atoms with Gasteiger partial charge in [-0.05, 0) is 29.7 Å². The summed E-state index contributed by atoms with van der Waals surface area (Å²) in [6.45, 7) is 0.702. The van der Waals surface area contributed by atoms with Crippen molar-refractivity contribution in [3.05, 3.63) is 96.1 Å². The molecular formula is C22H23NO3S. The minimum absolute atomic E-state index is 0.191. The van der Waals surface area contributed by atoms with Crippen molar-refractivity contribution in [1.29, 1.82) is 0 Å². The van der Waals surface area contributed by atoms with Gasteiger partial charge in [0.05, 0.1) is 7.11 Å². The molecule has 0 amide bonds. The lowest BCUT2D eigenvalue weighted by Crippen LogP contribution is -2.32. The molecule has 0 saturated carbocycles. The second-order valence-electron chi connectivity index (χ2n) is 6.21. The van der Waals surface area contributed by atoms with Crippen molar-refractivity contribution in [2.24, 2.45) is 0 Å². The van der Waals surface area contributed by atoms with E-state index in [9.17, 15) is 8.42 Å². The molecule has 3 aromatic rings. The number of sulfonamides is 1. The number of hydrogen-bond donors (Lipinski definition) is 0. The van der Waals surface area contributed by atoms with Crippen molar-refractivity contribution in [3.8, 4) is 5.75 Å². The van der Waals surface area contributed by atoms with Gasteiger partial charge in [0.2, 0.25) is 10.0 Å². The summed E-state index contributed by atoms with van der Waals surface area (Å²) in [6, 6.07) is 26.3. The van der Waals surface area contributed by atoms with E-state index in [-0.39, 0.29) is 4.90 Å². The summed E-state index contributed by atoms with van der Waals surface area (Å²) in [7, 11) is -2.22. The number of methoxy groups -OCH3 is 1. The summed E-state index contributed by atoms with van der Waals surface area (Å²) < 4.78 is 33.6. The van der Waals surface area contributed by atoms with Crippen molar-refractivity contribution in [2.75, 3.05) is 13.7 Å². The number of para-hydroxylation sites is 1. The maximum atomic E-state index is 13.4. The van der Waals surface area contributed by atoms with Crippen LogP contribution in [0.1, 0.15) is 11.1 Å². The van der Waals surface area contributed by atoms with E-state index in [1.807, 2.05) is 60.7 Å². The van der Waals surface area contributed by atoms with E-state index in [1.54, 1.807) is 24.3 Å². The predicted octanol–water partition coefficient (Wildman–Crippen LogP) is 4.13. The zero-order chi connectivity index (χ0) is 19.1. The van der Waals surface area contributed by atoms with Crippen molar-refractivity contribution >= 4 is 10.0 Å². The van der Waals surface area contributed by atoms with Crippen molar-refractivity contribution in [1.82, 2.24) is 4.31 Å². The first kappa shape index (κ1) is 19.1. The summed E-state index contributed by atoms with van der Waals surface area (Å²) in [5.74, 6) is 0.357. The Labute approximate surface area is 161 Å². The van der Waals surface area contributed by atoms with E-state index in [0.29, 0.717) is 25.3 Å². The fourth-order valence-electron chi connectivity index (χ4n) is 2.94. The van der Waals surface area contributed by atoms with Crippen LogP contribution in [0.25, 0.3) is 0 Å². The number of ether oxygens (including phenoxy) is 1. The Morgan fingerprint density at radius 3 is 1.96 bits per heavy atom. The van der Waals surface area contributed by atoms with Crippen molar-refractivity contribution in [3.63, 3.8) is 0 Å². The third-order valence-electron chi connectivity index (χ3n) is 4.38. The molecule has 0 fully saturated rings. The molecule has 0 spiro atoms. The van der Waals surface area contributed by atoms with Crippen molar-refractivity contribution < 1.29 is 13.2 Å². The second-order valence-corrected chi connectivity index (χ2v) is 8.12. The monoisotopic (exact) mass is 381 g/mol. The van der Waals surface area contributed by atoms with Gasteiger partial charge in [-0.15, -0.1) is 0 Å². The zero-order valence-electron chi connectivity index (χ0n) is 15.3. The van der Waals surface area contributed by atoms with E-state index in [0.717, 1.165) is 11.1 Å². The molecule has 0 atom stereocenters. The Morgan fingerprint density at radius 1 is 0.778 bits per heavy atom. The van der Waals surface area contributed by atoms with Crippen molar-refractivity contribution in [2.45, 2.75) is 17.9 Å². The van der Waals surface area contributed by atoms with Gasteiger partial charge >= 0.3 is 0 Å². The van der Waals surface area contributed by atoms with Gasteiger partial charge < -0.3 is 4.74 Å². The van der Waals surface area contributed by atoms with E-state index in [4.69, 9.17) is 4.74 Å². The highest BCUT2D eigenvalue weighted by Crippen LogP contribution is 2.27. The molecular weight excluding hydrogens is 358 g/mol. The van der Waals surface area contributed by atoms with Crippen LogP contribution in [0.4, 0.5) is 0 Å². The van der Waals surface area contributed by atoms with Gasteiger partial charge in [0, 0.05) is 13.1 Å². The molecule has 4 nitrogen and oxygen atoms in total. The molecule has 0 radical (unpaired) electrons. The highest BCUT2D eigenvalue weighted by Gasteiger charge is 2.27. The van der Waals surface area contributed by atoms with Crippen LogP contribution in [0.15, 0.2) is 89.8 Å². The fourth-order valence-corrected chi connectivity index (χ4v) is 4.53. The van der Waals surface area contributed by atoms with Crippen LogP contribution >= 0.6 is 0 Å². The van der Waals surface area contributed by atoms with Crippen LogP contribution in [0, 0.1) is 0 Å². The molecule has 0 saturated heterocycles. The maximum Gasteiger partial charge on any atom is 0.247 e. The first-order valence-electron chi connectivity index (χ1n) is 8.82. The van der Waals surface area contributed by atoms with Crippen LogP contribution in [0.5, 0.6) is 5.75 Å². The Kier molecular flexibility index (Phi) is 6.27. The van der Waals surface area contributed by atoms with Crippen LogP contribution in [0.2, 0.25) is 0 Å². The molecule has 140 valence electrons. The van der Waals surface area contributed by atoms with Gasteiger partial charge in [-0.3, -0.25) is 0 Å². The van der Waals surface area contributed by atoms with Gasteiger partial charge in [-0.25, -0.2) is 8.42 Å². The Hall–Kier alpha value is -2.63. The van der Waals surface area contributed by atoms with Gasteiger partial charge in [0.1, 0.15) is 10.6 Å². The topological polar surface area (TPSA) is 46.6 Å². The summed E-state index contributed by atoms with van der Waals surface area (Å²) in [5, 5.41) is 0. The first-order chi connectivity index (χ1) is 13.1. The molecule has 5 heteroatoms. The first-order valence-corrected chi connectivity index (χ1v) is 10.3. The average molecular weight is 381 g/mol. The molecule has 27 heavy (non-hydrogen) atoms. The van der Waals surface area contributed by atoms with Gasteiger partial charge in [-0.2, -0.15) is 4.31 Å². The lowest BCUT2D eigenvalue weighted by atomic mass is 10.1. The summed E-state index contributed by atoms with van der Waals surface area (Å²) >= 11 is 0. The fraction of sp³-hybridized carbons (Fsp3) is 0.182. The number of nitrogens with zero attached hydrogens (tertiary/aromatic N) is 1. The van der Waals surface area contributed by atoms with Crippen LogP contribution < -0.4 is 4.74 Å². The lowest BCUT2D eigenvalue weighted by Gasteiger charge is -2.23. The van der Waals surface area contributed by atoms with E-state index in [1.165, 1.54) is 11.4 Å². The van der Waals surface area contributed by atoms with E-state index < -0.39 is 10.0 Å². The molecule has 0 N–H and O–H groups in total. The molecule has 0 aromatic heterocycles. The molecule has 0 aliphatic heterocycles. The molecule has 0 unspecified atom stereocenters. The smallest absolute Gasteiger partial charge is 0.247 e. The highest BCUT2D eigenvalue weighted by molar-refractivity contribution is 7.89. The predicted molar refractivity (Wildman–Crippen MR) is 107 cm³/mol. The third kappa shape index (κ3) is 4.76. The quantitative estimate of drug-likeness (QED) is 0.589. The van der Waals surface area contributed by atoms with Crippen LogP contribution in [-0.4, -0.2) is 26.4 Å². The SMILES string of the molecule is COc1ccccc1S(=O)(=O)N(CCc1ccccc1)Cc1ccccc1. The highest BCUT2D eigenvalue weighted by atomic mass is 32.2. The van der Waals surface area contributed by atoms with Crippen LogP contribution in [-0.2, 0) is 23.0 Å². The van der Waals surface area contributed by atoms with E-state index in [2.05, 4.69) is 0 Å². The lowest BCUT2D eigenvalue weighted by molar-refractivity contribution is 0.387. The number of hydrogen-bond acceptors (Lipinski definition) is 3.